The zero-order valence-electron chi connectivity index (χ0n) is 16.1. The van der Waals surface area contributed by atoms with Gasteiger partial charge in [0.05, 0.1) is 11.3 Å². The Kier molecular flexibility index (Phi) is 6.15. The van der Waals surface area contributed by atoms with Gasteiger partial charge >= 0.3 is 0 Å². The lowest BCUT2D eigenvalue weighted by molar-refractivity contribution is -0.122. The zero-order chi connectivity index (χ0) is 20.3. The van der Waals surface area contributed by atoms with Gasteiger partial charge in [0, 0.05) is 36.3 Å². The number of halogens is 1. The van der Waals surface area contributed by atoms with E-state index in [4.69, 9.17) is 0 Å². The molecule has 2 aromatic rings. The lowest BCUT2D eigenvalue weighted by Gasteiger charge is -2.36. The molecule has 7 heteroatoms. The van der Waals surface area contributed by atoms with Crippen LogP contribution in [-0.4, -0.2) is 43.7 Å². The van der Waals surface area contributed by atoms with Crippen LogP contribution in [0.5, 0.6) is 0 Å². The van der Waals surface area contributed by atoms with Crippen LogP contribution in [0.4, 0.5) is 15.8 Å². The first-order valence-electron chi connectivity index (χ1n) is 9.30. The molecule has 0 spiro atoms. The first kappa shape index (κ1) is 20.5. The van der Waals surface area contributed by atoms with E-state index < -0.39 is 15.9 Å². The van der Waals surface area contributed by atoms with E-state index in [9.17, 15) is 17.6 Å². The van der Waals surface area contributed by atoms with Crippen molar-refractivity contribution in [3.05, 3.63) is 59.9 Å². The molecule has 0 radical (unpaired) electrons. The van der Waals surface area contributed by atoms with Gasteiger partial charge in [0.2, 0.25) is 0 Å². The molecule has 1 N–H and O–H groups in total. The Morgan fingerprint density at radius 2 is 1.79 bits per heavy atom. The van der Waals surface area contributed by atoms with Crippen LogP contribution in [0.15, 0.2) is 48.5 Å². The molecule has 0 amide bonds. The van der Waals surface area contributed by atoms with E-state index in [2.05, 4.69) is 5.32 Å². The number of sulfone groups is 1. The second-order valence-corrected chi connectivity index (χ2v) is 9.63. The first-order valence-corrected chi connectivity index (χ1v) is 11.3. The fraction of sp³-hybridized carbons (Fsp3) is 0.381. The van der Waals surface area contributed by atoms with E-state index in [-0.39, 0.29) is 16.9 Å². The lowest BCUT2D eigenvalue weighted by Crippen LogP contribution is -2.43. The lowest BCUT2D eigenvalue weighted by atomic mass is 9.96. The third-order valence-corrected chi connectivity index (χ3v) is 6.88. The number of nitrogens with zero attached hydrogens (tertiary/aromatic N) is 1. The quantitative estimate of drug-likeness (QED) is 0.795. The van der Waals surface area contributed by atoms with E-state index in [1.165, 1.54) is 25.3 Å². The highest BCUT2D eigenvalue weighted by molar-refractivity contribution is 7.91. The maximum atomic E-state index is 13.9. The summed E-state index contributed by atoms with van der Waals surface area (Å²) >= 11 is 0. The molecule has 3 rings (SSSR count). The van der Waals surface area contributed by atoms with Crippen molar-refractivity contribution in [1.82, 2.24) is 4.90 Å². The summed E-state index contributed by atoms with van der Waals surface area (Å²) in [6.45, 7) is 2.53. The van der Waals surface area contributed by atoms with Crippen molar-refractivity contribution in [2.75, 3.05) is 24.7 Å². The zero-order valence-corrected chi connectivity index (χ0v) is 16.9. The Morgan fingerprint density at radius 3 is 2.36 bits per heavy atom. The number of hydrogen-bond donors (Lipinski definition) is 1. The van der Waals surface area contributed by atoms with Crippen LogP contribution in [0, 0.1) is 5.82 Å². The molecule has 28 heavy (non-hydrogen) atoms. The number of piperidine rings is 1. The molecule has 1 saturated heterocycles. The minimum atomic E-state index is -3.09. The van der Waals surface area contributed by atoms with Crippen molar-refractivity contribution >= 4 is 27.0 Å². The Bertz CT molecular complexity index is 939. The maximum Gasteiger partial charge on any atom is 0.151 e. The molecule has 1 aliphatic heterocycles. The largest absolute Gasteiger partial charge is 0.355 e. The van der Waals surface area contributed by atoms with Gasteiger partial charge in [-0.1, -0.05) is 24.3 Å². The van der Waals surface area contributed by atoms with Crippen LogP contribution in [0.25, 0.3) is 0 Å². The van der Waals surface area contributed by atoms with Crippen molar-refractivity contribution in [2.24, 2.45) is 0 Å². The smallest absolute Gasteiger partial charge is 0.151 e. The van der Waals surface area contributed by atoms with E-state index >= 15 is 0 Å². The summed E-state index contributed by atoms with van der Waals surface area (Å²) in [5.41, 5.74) is 2.03. The molecule has 0 aromatic heterocycles. The van der Waals surface area contributed by atoms with E-state index in [0.29, 0.717) is 37.2 Å². The van der Waals surface area contributed by atoms with Crippen LogP contribution in [0.2, 0.25) is 0 Å². The normalized spacial score (nSPS) is 17.2. The number of hydrogen-bond acceptors (Lipinski definition) is 5. The second kappa shape index (κ2) is 8.41. The molecule has 150 valence electrons. The van der Waals surface area contributed by atoms with Crippen LogP contribution < -0.4 is 5.32 Å². The van der Waals surface area contributed by atoms with Crippen molar-refractivity contribution in [3.63, 3.8) is 0 Å². The van der Waals surface area contributed by atoms with Gasteiger partial charge in [0.25, 0.3) is 0 Å². The number of rotatable bonds is 6. The van der Waals surface area contributed by atoms with Gasteiger partial charge < -0.3 is 5.32 Å². The molecule has 2 aromatic carbocycles. The average Bonchev–Trinajstić information content (AvgIpc) is 2.64. The van der Waals surface area contributed by atoms with E-state index in [0.717, 1.165) is 5.69 Å². The molecule has 1 unspecified atom stereocenters. The summed E-state index contributed by atoms with van der Waals surface area (Å²) in [5.74, 6) is -0.444. The minimum Gasteiger partial charge on any atom is -0.355 e. The Morgan fingerprint density at radius 1 is 1.14 bits per heavy atom. The molecule has 1 fully saturated rings. The molecule has 1 heterocycles. The third kappa shape index (κ3) is 4.77. The number of nitrogens with one attached hydrogen (secondary N) is 1. The van der Waals surface area contributed by atoms with E-state index in [1.807, 2.05) is 35.2 Å². The molecule has 5 nitrogen and oxygen atoms in total. The van der Waals surface area contributed by atoms with Crippen LogP contribution in [-0.2, 0) is 14.6 Å². The number of anilines is 2. The molecule has 0 saturated carbocycles. The topological polar surface area (TPSA) is 66.5 Å². The fourth-order valence-corrected chi connectivity index (χ4v) is 4.85. The molecule has 0 bridgehead atoms. The van der Waals surface area contributed by atoms with Crippen molar-refractivity contribution < 1.29 is 17.6 Å². The standard InChI is InChI=1S/C21H25FN2O3S/c1-15(25)21(24-12-10-18(11-13-24)28(2,26)27)19-9-8-16(22)14-20(19)23-17-6-4-3-5-7-17/h3-9,14,18,21,23H,10-13H2,1-2H3. The SMILES string of the molecule is CC(=O)C(c1ccc(F)cc1Nc1ccccc1)N1CCC(S(C)(=O)=O)CC1. The van der Waals surface area contributed by atoms with Gasteiger partial charge in [0.1, 0.15) is 15.7 Å². The highest BCUT2D eigenvalue weighted by Crippen LogP contribution is 2.33. The van der Waals surface area contributed by atoms with Gasteiger partial charge in [-0.25, -0.2) is 12.8 Å². The summed E-state index contributed by atoms with van der Waals surface area (Å²) in [5, 5.41) is 2.84. The average molecular weight is 405 g/mol. The van der Waals surface area contributed by atoms with Crippen molar-refractivity contribution in [2.45, 2.75) is 31.1 Å². The van der Waals surface area contributed by atoms with Gasteiger partial charge in [-0.2, -0.15) is 0 Å². The van der Waals surface area contributed by atoms with Gasteiger partial charge in [-0.05, 0) is 44.0 Å². The minimum absolute atomic E-state index is 0.0551. The number of carbonyl (C=O) groups excluding carboxylic acids is 1. The molecular formula is C21H25FN2O3S. The monoisotopic (exact) mass is 404 g/mol. The number of Topliss-reactive ketones (excluding diaryl/α,β-unsaturated/α-hetero) is 1. The highest BCUT2D eigenvalue weighted by Gasteiger charge is 2.33. The van der Waals surface area contributed by atoms with Crippen LogP contribution in [0.3, 0.4) is 0 Å². The second-order valence-electron chi connectivity index (χ2n) is 7.30. The molecule has 0 aliphatic carbocycles. The number of ketones is 1. The number of likely N-dealkylation sites (tertiary alicyclic amines) is 1. The Labute approximate surface area is 165 Å². The first-order chi connectivity index (χ1) is 13.3. The molecule has 1 atom stereocenters. The highest BCUT2D eigenvalue weighted by atomic mass is 32.2. The molecular weight excluding hydrogens is 379 g/mol. The van der Waals surface area contributed by atoms with Gasteiger partial charge in [-0.15, -0.1) is 0 Å². The predicted octanol–water partition coefficient (Wildman–Crippen LogP) is 3.71. The fourth-order valence-electron chi connectivity index (χ4n) is 3.79. The Hall–Kier alpha value is -2.25. The molecule has 1 aliphatic rings. The summed E-state index contributed by atoms with van der Waals surface area (Å²) in [7, 11) is -3.09. The maximum absolute atomic E-state index is 13.9. The summed E-state index contributed by atoms with van der Waals surface area (Å²) in [4.78, 5) is 14.5. The Balaban J connectivity index is 1.90. The number of para-hydroxylation sites is 1. The van der Waals surface area contributed by atoms with Crippen LogP contribution >= 0.6 is 0 Å². The predicted molar refractivity (Wildman–Crippen MR) is 109 cm³/mol. The number of carbonyl (C=O) groups is 1. The third-order valence-electron chi connectivity index (χ3n) is 5.20. The van der Waals surface area contributed by atoms with Crippen molar-refractivity contribution in [3.8, 4) is 0 Å². The van der Waals surface area contributed by atoms with E-state index in [1.54, 1.807) is 6.07 Å². The van der Waals surface area contributed by atoms with Gasteiger partial charge in [0.15, 0.2) is 5.78 Å². The summed E-state index contributed by atoms with van der Waals surface area (Å²) in [6, 6.07) is 13.2. The summed E-state index contributed by atoms with van der Waals surface area (Å²) < 4.78 is 37.6. The van der Waals surface area contributed by atoms with Gasteiger partial charge in [-0.3, -0.25) is 9.69 Å². The summed E-state index contributed by atoms with van der Waals surface area (Å²) in [6.07, 6.45) is 2.24. The van der Waals surface area contributed by atoms with Crippen LogP contribution in [0.1, 0.15) is 31.4 Å². The van der Waals surface area contributed by atoms with Crippen molar-refractivity contribution in [1.29, 1.82) is 0 Å². The number of benzene rings is 2.